The molecule has 5 rings (SSSR count). The zero-order chi connectivity index (χ0) is 18.2. The molecule has 1 unspecified atom stereocenters. The van der Waals surface area contributed by atoms with E-state index in [0.29, 0.717) is 12.4 Å². The number of amides is 1. The van der Waals surface area contributed by atoms with E-state index in [2.05, 4.69) is 32.7 Å². The Morgan fingerprint density at radius 2 is 1.96 bits per heavy atom. The zero-order valence-corrected chi connectivity index (χ0v) is 14.6. The van der Waals surface area contributed by atoms with E-state index in [-0.39, 0.29) is 11.9 Å². The third-order valence-corrected chi connectivity index (χ3v) is 5.03. The van der Waals surface area contributed by atoms with Gasteiger partial charge in [-0.3, -0.25) is 10.1 Å². The molecule has 0 radical (unpaired) electrons. The first-order valence-corrected chi connectivity index (χ1v) is 8.93. The Morgan fingerprint density at radius 1 is 1.04 bits per heavy atom. The summed E-state index contributed by atoms with van der Waals surface area (Å²) in [6.45, 7) is 0.708. The molecule has 1 amide bonds. The van der Waals surface area contributed by atoms with Crippen LogP contribution in [0.5, 0.6) is 0 Å². The van der Waals surface area contributed by atoms with Gasteiger partial charge in [0.1, 0.15) is 11.9 Å². The fraction of sp³-hybridized carbons (Fsp3) is 0.0909. The van der Waals surface area contributed by atoms with Gasteiger partial charge in [-0.25, -0.2) is 4.98 Å². The van der Waals surface area contributed by atoms with Crippen LogP contribution in [0.4, 0.5) is 5.82 Å². The minimum absolute atomic E-state index is 0.0893. The number of fused-ring (bicyclic) bond motifs is 2. The lowest BCUT2D eigenvalue weighted by atomic mass is 10.0. The van der Waals surface area contributed by atoms with Crippen molar-refractivity contribution in [3.8, 4) is 11.1 Å². The van der Waals surface area contributed by atoms with Crippen LogP contribution in [0.2, 0.25) is 0 Å². The number of hydrogen-bond acceptors (Lipinski definition) is 3. The number of benzene rings is 2. The topological polar surface area (TPSA) is 69.8 Å². The highest BCUT2D eigenvalue weighted by atomic mass is 16.2. The summed E-state index contributed by atoms with van der Waals surface area (Å²) in [5.74, 6) is 0.471. The smallest absolute Gasteiger partial charge is 0.247 e. The van der Waals surface area contributed by atoms with Crippen LogP contribution in [0.25, 0.3) is 21.9 Å². The predicted molar refractivity (Wildman–Crippen MR) is 106 cm³/mol. The van der Waals surface area contributed by atoms with Crippen LogP contribution in [0, 0.1) is 0 Å². The molecule has 1 aliphatic heterocycles. The number of aromatic amines is 1. The van der Waals surface area contributed by atoms with Crippen molar-refractivity contribution in [3.05, 3.63) is 84.3 Å². The van der Waals surface area contributed by atoms with Gasteiger partial charge < -0.3 is 10.3 Å². The molecule has 2 aromatic carbocycles. The average molecular weight is 354 g/mol. The number of pyridine rings is 1. The predicted octanol–water partition coefficient (Wildman–Crippen LogP) is 4.01. The van der Waals surface area contributed by atoms with E-state index in [0.717, 1.165) is 27.5 Å². The van der Waals surface area contributed by atoms with Crippen LogP contribution in [0.15, 0.2) is 73.2 Å². The van der Waals surface area contributed by atoms with Crippen molar-refractivity contribution in [1.29, 1.82) is 0 Å². The van der Waals surface area contributed by atoms with E-state index in [4.69, 9.17) is 0 Å². The highest BCUT2D eigenvalue weighted by Crippen LogP contribution is 2.28. The fourth-order valence-electron chi connectivity index (χ4n) is 3.62. The Balaban J connectivity index is 1.43. The van der Waals surface area contributed by atoms with Gasteiger partial charge in [0.15, 0.2) is 0 Å². The van der Waals surface area contributed by atoms with E-state index in [1.54, 1.807) is 6.20 Å². The third kappa shape index (κ3) is 2.88. The third-order valence-electron chi connectivity index (χ3n) is 5.03. The van der Waals surface area contributed by atoms with Crippen LogP contribution >= 0.6 is 0 Å². The number of hydrogen-bond donors (Lipinski definition) is 3. The summed E-state index contributed by atoms with van der Waals surface area (Å²) in [6.07, 6.45) is 5.67. The quantitative estimate of drug-likeness (QED) is 0.521. The van der Waals surface area contributed by atoms with E-state index in [1.807, 2.05) is 54.9 Å². The first kappa shape index (κ1) is 15.8. The summed E-state index contributed by atoms with van der Waals surface area (Å²) < 4.78 is 0. The second kappa shape index (κ2) is 6.37. The van der Waals surface area contributed by atoms with Gasteiger partial charge >= 0.3 is 0 Å². The fourth-order valence-corrected chi connectivity index (χ4v) is 3.62. The maximum Gasteiger partial charge on any atom is 0.247 e. The Bertz CT molecular complexity index is 1130. The van der Waals surface area contributed by atoms with Gasteiger partial charge in [-0.15, -0.1) is 0 Å². The van der Waals surface area contributed by atoms with Crippen LogP contribution in [-0.2, 0) is 11.3 Å². The number of nitrogens with one attached hydrogen (secondary N) is 3. The monoisotopic (exact) mass is 354 g/mol. The van der Waals surface area contributed by atoms with Gasteiger partial charge in [0.2, 0.25) is 5.91 Å². The van der Waals surface area contributed by atoms with Gasteiger partial charge in [0, 0.05) is 30.5 Å². The van der Waals surface area contributed by atoms with Crippen molar-refractivity contribution in [3.63, 3.8) is 0 Å². The number of rotatable bonds is 3. The Morgan fingerprint density at radius 3 is 2.85 bits per heavy atom. The van der Waals surface area contributed by atoms with Gasteiger partial charge in [-0.1, -0.05) is 36.4 Å². The number of H-pyrrole nitrogens is 1. The summed E-state index contributed by atoms with van der Waals surface area (Å²) in [4.78, 5) is 20.2. The molecule has 3 N–H and O–H groups in total. The number of nitrogens with zero attached hydrogens (tertiary/aromatic N) is 1. The normalized spacial score (nSPS) is 15.6. The summed E-state index contributed by atoms with van der Waals surface area (Å²) in [5.41, 5.74) is 4.45. The lowest BCUT2D eigenvalue weighted by Crippen LogP contribution is -2.28. The van der Waals surface area contributed by atoms with Crippen molar-refractivity contribution in [1.82, 2.24) is 15.3 Å². The minimum Gasteiger partial charge on any atom is -0.367 e. The molecule has 5 heteroatoms. The summed E-state index contributed by atoms with van der Waals surface area (Å²) in [5, 5.41) is 8.30. The molecular formula is C22H18N4O. The molecule has 1 atom stereocenters. The Labute approximate surface area is 156 Å². The van der Waals surface area contributed by atoms with Crippen LogP contribution in [-0.4, -0.2) is 15.9 Å². The van der Waals surface area contributed by atoms with Crippen molar-refractivity contribution in [2.24, 2.45) is 0 Å². The molecular weight excluding hydrogens is 336 g/mol. The number of aromatic nitrogens is 2. The molecule has 132 valence electrons. The highest BCUT2D eigenvalue weighted by Gasteiger charge is 2.27. The first-order chi connectivity index (χ1) is 13.3. The van der Waals surface area contributed by atoms with Crippen molar-refractivity contribution in [2.45, 2.75) is 12.6 Å². The second-order valence-electron chi connectivity index (χ2n) is 6.73. The minimum atomic E-state index is -0.343. The maximum atomic E-state index is 12.7. The van der Waals surface area contributed by atoms with Crippen LogP contribution in [0.1, 0.15) is 17.2 Å². The lowest BCUT2D eigenvalue weighted by molar-refractivity contribution is -0.118. The van der Waals surface area contributed by atoms with E-state index in [1.165, 1.54) is 5.56 Å². The molecule has 0 saturated carbocycles. The molecule has 0 bridgehead atoms. The maximum absolute atomic E-state index is 12.7. The Hall–Kier alpha value is -3.44. The van der Waals surface area contributed by atoms with E-state index < -0.39 is 0 Å². The van der Waals surface area contributed by atoms with Crippen LogP contribution < -0.4 is 10.6 Å². The number of carbonyl (C=O) groups is 1. The molecule has 3 heterocycles. The summed E-state index contributed by atoms with van der Waals surface area (Å²) in [6, 6.07) is 17.8. The second-order valence-corrected chi connectivity index (χ2v) is 6.73. The van der Waals surface area contributed by atoms with E-state index in [9.17, 15) is 4.79 Å². The average Bonchev–Trinajstić information content (AvgIpc) is 3.37. The summed E-state index contributed by atoms with van der Waals surface area (Å²) >= 11 is 0. The van der Waals surface area contributed by atoms with Crippen molar-refractivity contribution in [2.75, 3.05) is 5.32 Å². The molecule has 0 fully saturated rings. The van der Waals surface area contributed by atoms with E-state index >= 15 is 0 Å². The SMILES string of the molecule is O=C(Nc1cc2cc(-c3cc[nH]c3)ccc2cn1)C1NCc2ccccc21. The molecule has 5 nitrogen and oxygen atoms in total. The summed E-state index contributed by atoms with van der Waals surface area (Å²) in [7, 11) is 0. The molecule has 2 aromatic heterocycles. The van der Waals surface area contributed by atoms with Gasteiger partial charge in [-0.05, 0) is 45.8 Å². The molecule has 0 aliphatic carbocycles. The highest BCUT2D eigenvalue weighted by molar-refractivity contribution is 5.97. The molecule has 4 aromatic rings. The Kier molecular flexibility index (Phi) is 3.73. The van der Waals surface area contributed by atoms with Crippen LogP contribution in [0.3, 0.4) is 0 Å². The standard InChI is InChI=1S/C22H18N4O/c27-22(21-19-4-2-1-3-17(19)13-25-21)26-20-10-18-9-14(16-7-8-23-11-16)5-6-15(18)12-24-20/h1-12,21,23,25H,13H2,(H,24,26,27). The van der Waals surface area contributed by atoms with Gasteiger partial charge in [-0.2, -0.15) is 0 Å². The molecule has 0 saturated heterocycles. The molecule has 27 heavy (non-hydrogen) atoms. The van der Waals surface area contributed by atoms with Gasteiger partial charge in [0.05, 0.1) is 0 Å². The molecule has 1 aliphatic rings. The number of anilines is 1. The van der Waals surface area contributed by atoms with Gasteiger partial charge in [0.25, 0.3) is 0 Å². The number of carbonyl (C=O) groups excluding carboxylic acids is 1. The van der Waals surface area contributed by atoms with Crippen molar-refractivity contribution < 1.29 is 4.79 Å². The molecule has 0 spiro atoms. The largest absolute Gasteiger partial charge is 0.367 e. The lowest BCUT2D eigenvalue weighted by Gasteiger charge is -2.13. The zero-order valence-electron chi connectivity index (χ0n) is 14.6. The van der Waals surface area contributed by atoms with Crippen molar-refractivity contribution >= 4 is 22.5 Å². The first-order valence-electron chi connectivity index (χ1n) is 8.93.